The van der Waals surface area contributed by atoms with Crippen molar-refractivity contribution in [1.29, 1.82) is 0 Å². The second-order valence-electron chi connectivity index (χ2n) is 7.23. The number of hydrogen-bond acceptors (Lipinski definition) is 3. The fourth-order valence-corrected chi connectivity index (χ4v) is 3.19. The van der Waals surface area contributed by atoms with Gasteiger partial charge in [-0.15, -0.1) is 24.0 Å². The van der Waals surface area contributed by atoms with Gasteiger partial charge in [0.1, 0.15) is 0 Å². The average Bonchev–Trinajstić information content (AvgIpc) is 3.13. The van der Waals surface area contributed by atoms with Crippen LogP contribution in [-0.2, 0) is 16.1 Å². The lowest BCUT2D eigenvalue weighted by Gasteiger charge is -2.21. The number of methoxy groups -OCH3 is 1. The van der Waals surface area contributed by atoms with Crippen LogP contribution in [-0.4, -0.2) is 50.1 Å². The van der Waals surface area contributed by atoms with Gasteiger partial charge < -0.3 is 20.3 Å². The van der Waals surface area contributed by atoms with Crippen molar-refractivity contribution in [1.82, 2.24) is 10.2 Å². The fourth-order valence-electron chi connectivity index (χ4n) is 3.19. The molecule has 1 saturated heterocycles. The van der Waals surface area contributed by atoms with E-state index in [2.05, 4.69) is 22.5 Å². The molecule has 2 N–H and O–H groups in total. The summed E-state index contributed by atoms with van der Waals surface area (Å²) in [6, 6.07) is 7.94. The number of benzene rings is 1. The van der Waals surface area contributed by atoms with Crippen LogP contribution in [0.15, 0.2) is 29.3 Å². The van der Waals surface area contributed by atoms with Crippen molar-refractivity contribution in [2.24, 2.45) is 16.8 Å². The summed E-state index contributed by atoms with van der Waals surface area (Å²) in [7, 11) is 1.76. The van der Waals surface area contributed by atoms with Crippen molar-refractivity contribution < 1.29 is 9.53 Å². The van der Waals surface area contributed by atoms with Gasteiger partial charge in [0.15, 0.2) is 5.96 Å². The normalized spacial score (nSPS) is 17.8. The Kier molecular flexibility index (Phi) is 11.4. The number of nitrogens with one attached hydrogen (secondary N) is 2. The van der Waals surface area contributed by atoms with Gasteiger partial charge in [-0.25, -0.2) is 4.99 Å². The molecule has 158 valence electrons. The first-order chi connectivity index (χ1) is 13.1. The third-order valence-corrected chi connectivity index (χ3v) is 4.99. The van der Waals surface area contributed by atoms with Crippen molar-refractivity contribution in [3.63, 3.8) is 0 Å². The number of halogens is 1. The highest BCUT2D eigenvalue weighted by Gasteiger charge is 2.24. The number of hydrogen-bond donors (Lipinski definition) is 2. The van der Waals surface area contributed by atoms with E-state index in [9.17, 15) is 4.79 Å². The number of amides is 1. The summed E-state index contributed by atoms with van der Waals surface area (Å²) >= 11 is 0. The van der Waals surface area contributed by atoms with Gasteiger partial charge in [-0.2, -0.15) is 0 Å². The van der Waals surface area contributed by atoms with E-state index in [4.69, 9.17) is 9.73 Å². The Labute approximate surface area is 186 Å². The summed E-state index contributed by atoms with van der Waals surface area (Å²) < 4.78 is 5.29. The third kappa shape index (κ3) is 7.58. The molecule has 28 heavy (non-hydrogen) atoms. The van der Waals surface area contributed by atoms with Crippen LogP contribution >= 0.6 is 24.0 Å². The zero-order valence-electron chi connectivity index (χ0n) is 17.5. The minimum Gasteiger partial charge on any atom is -0.384 e. The van der Waals surface area contributed by atoms with E-state index < -0.39 is 0 Å². The lowest BCUT2D eigenvalue weighted by Crippen LogP contribution is -2.40. The van der Waals surface area contributed by atoms with Crippen LogP contribution in [0.2, 0.25) is 0 Å². The predicted octanol–water partition coefficient (Wildman–Crippen LogP) is 3.72. The molecule has 7 heteroatoms. The molecule has 1 heterocycles. The number of guanidine groups is 1. The van der Waals surface area contributed by atoms with Gasteiger partial charge in [0, 0.05) is 44.3 Å². The van der Waals surface area contributed by atoms with Crippen LogP contribution < -0.4 is 10.6 Å². The van der Waals surface area contributed by atoms with Crippen LogP contribution in [0.5, 0.6) is 0 Å². The fraction of sp³-hybridized carbons (Fsp3) is 0.619. The zero-order valence-corrected chi connectivity index (χ0v) is 19.9. The Bertz CT molecular complexity index is 639. The maximum Gasteiger partial charge on any atom is 0.227 e. The molecule has 2 atom stereocenters. The predicted molar refractivity (Wildman–Crippen MR) is 126 cm³/mol. The molecule has 0 aromatic heterocycles. The number of aliphatic imine (C=N–C) groups is 1. The van der Waals surface area contributed by atoms with E-state index in [1.54, 1.807) is 7.11 Å². The minimum absolute atomic E-state index is 0. The highest BCUT2D eigenvalue weighted by molar-refractivity contribution is 14.0. The molecule has 1 aliphatic rings. The number of anilines is 1. The molecule has 1 amide bonds. The number of rotatable bonds is 8. The molecule has 2 rings (SSSR count). The molecule has 0 spiro atoms. The Morgan fingerprint density at radius 2 is 2.18 bits per heavy atom. The number of nitrogens with zero attached hydrogens (tertiary/aromatic N) is 2. The molecule has 2 unspecified atom stereocenters. The molecule has 1 aromatic rings. The average molecular weight is 502 g/mol. The highest BCUT2D eigenvalue weighted by atomic mass is 127. The summed E-state index contributed by atoms with van der Waals surface area (Å²) in [4.78, 5) is 19.2. The van der Waals surface area contributed by atoms with E-state index in [0.717, 1.165) is 56.3 Å². The molecule has 0 saturated carbocycles. The summed E-state index contributed by atoms with van der Waals surface area (Å²) in [5, 5.41) is 6.39. The summed E-state index contributed by atoms with van der Waals surface area (Å²) in [5.74, 6) is 1.60. The number of likely N-dealkylation sites (tertiary alicyclic amines) is 1. The van der Waals surface area contributed by atoms with Gasteiger partial charge in [0.05, 0.1) is 13.2 Å². The monoisotopic (exact) mass is 502 g/mol. The van der Waals surface area contributed by atoms with Crippen LogP contribution in [0, 0.1) is 11.8 Å². The van der Waals surface area contributed by atoms with Gasteiger partial charge in [0.2, 0.25) is 5.91 Å². The lowest BCUT2D eigenvalue weighted by molar-refractivity contribution is -0.119. The van der Waals surface area contributed by atoms with Crippen molar-refractivity contribution in [3.8, 4) is 0 Å². The Balaban J connectivity index is 0.00000392. The maximum atomic E-state index is 12.1. The molecule has 1 fully saturated rings. The standard InChI is InChI=1S/C21H34N4O2.HI/c1-5-16(3)20(26)24-19-9-7-8-17(12-19)13-23-21(22-6-2)25-11-10-18(14-25)15-27-4;/h7-9,12,16,18H,5-6,10-11,13-15H2,1-4H3,(H,22,23)(H,24,26);1H. The van der Waals surface area contributed by atoms with E-state index >= 15 is 0 Å². The molecule has 0 bridgehead atoms. The SMILES string of the molecule is CCNC(=NCc1cccc(NC(=O)C(C)CC)c1)N1CCC(COC)C1.I. The number of ether oxygens (including phenoxy) is 1. The second-order valence-corrected chi connectivity index (χ2v) is 7.23. The zero-order chi connectivity index (χ0) is 19.6. The van der Waals surface area contributed by atoms with E-state index in [-0.39, 0.29) is 35.8 Å². The quantitative estimate of drug-likeness (QED) is 0.323. The van der Waals surface area contributed by atoms with Crippen molar-refractivity contribution in [2.75, 3.05) is 38.7 Å². The van der Waals surface area contributed by atoms with Gasteiger partial charge >= 0.3 is 0 Å². The molecule has 1 aromatic carbocycles. The molecular weight excluding hydrogens is 467 g/mol. The summed E-state index contributed by atoms with van der Waals surface area (Å²) in [6.45, 7) is 10.3. The van der Waals surface area contributed by atoms with Crippen molar-refractivity contribution in [2.45, 2.75) is 40.2 Å². The topological polar surface area (TPSA) is 66.0 Å². The first-order valence-corrected chi connectivity index (χ1v) is 9.99. The van der Waals surface area contributed by atoms with Gasteiger partial charge in [-0.3, -0.25) is 4.79 Å². The van der Waals surface area contributed by atoms with Gasteiger partial charge in [-0.1, -0.05) is 26.0 Å². The Morgan fingerprint density at radius 3 is 2.86 bits per heavy atom. The van der Waals surface area contributed by atoms with E-state index in [0.29, 0.717) is 12.5 Å². The highest BCUT2D eigenvalue weighted by Crippen LogP contribution is 2.17. The largest absolute Gasteiger partial charge is 0.384 e. The minimum atomic E-state index is 0. The number of carbonyl (C=O) groups excluding carboxylic acids is 1. The molecule has 0 radical (unpaired) electrons. The second kappa shape index (κ2) is 13.0. The van der Waals surface area contributed by atoms with Crippen LogP contribution in [0.1, 0.15) is 39.2 Å². The molecular formula is C21H35IN4O2. The molecule has 1 aliphatic heterocycles. The van der Waals surface area contributed by atoms with E-state index in [1.807, 2.05) is 38.1 Å². The molecule has 6 nitrogen and oxygen atoms in total. The van der Waals surface area contributed by atoms with Crippen LogP contribution in [0.3, 0.4) is 0 Å². The Morgan fingerprint density at radius 1 is 1.39 bits per heavy atom. The Hall–Kier alpha value is -1.35. The smallest absolute Gasteiger partial charge is 0.227 e. The first-order valence-electron chi connectivity index (χ1n) is 9.99. The van der Waals surface area contributed by atoms with Gasteiger partial charge in [0.25, 0.3) is 0 Å². The molecule has 0 aliphatic carbocycles. The van der Waals surface area contributed by atoms with E-state index in [1.165, 1.54) is 0 Å². The van der Waals surface area contributed by atoms with Gasteiger partial charge in [-0.05, 0) is 37.5 Å². The first kappa shape index (κ1) is 24.7. The van der Waals surface area contributed by atoms with Crippen LogP contribution in [0.4, 0.5) is 5.69 Å². The lowest BCUT2D eigenvalue weighted by atomic mass is 10.1. The van der Waals surface area contributed by atoms with Crippen LogP contribution in [0.25, 0.3) is 0 Å². The van der Waals surface area contributed by atoms with Crippen molar-refractivity contribution >= 4 is 41.5 Å². The maximum absolute atomic E-state index is 12.1. The summed E-state index contributed by atoms with van der Waals surface area (Å²) in [6.07, 6.45) is 1.97. The van der Waals surface area contributed by atoms with Crippen molar-refractivity contribution in [3.05, 3.63) is 29.8 Å². The third-order valence-electron chi connectivity index (χ3n) is 4.99. The summed E-state index contributed by atoms with van der Waals surface area (Å²) in [5.41, 5.74) is 1.92. The number of carbonyl (C=O) groups is 1.